The van der Waals surface area contributed by atoms with Crippen LogP contribution in [0.3, 0.4) is 0 Å². The van der Waals surface area contributed by atoms with Crippen molar-refractivity contribution in [2.24, 2.45) is 0 Å². The molecule has 1 aliphatic carbocycles. The average Bonchev–Trinajstić information content (AvgIpc) is 3.15. The minimum absolute atomic E-state index is 0.00389. The lowest BCUT2D eigenvalue weighted by molar-refractivity contribution is -0.137. The first kappa shape index (κ1) is 15.0. The van der Waals surface area contributed by atoms with Crippen LogP contribution in [-0.2, 0) is 11.2 Å². The molecule has 20 heavy (non-hydrogen) atoms. The van der Waals surface area contributed by atoms with E-state index in [9.17, 15) is 9.59 Å². The number of carboxylic acids is 1. The van der Waals surface area contributed by atoms with E-state index >= 15 is 0 Å². The number of carboxylic acid groups (broad SMARTS) is 1. The third-order valence-electron chi connectivity index (χ3n) is 3.57. The van der Waals surface area contributed by atoms with E-state index in [2.05, 4.69) is 6.92 Å². The monoisotopic (exact) mass is 295 g/mol. The molecule has 0 radical (unpaired) electrons. The van der Waals surface area contributed by atoms with Crippen molar-refractivity contribution in [2.75, 3.05) is 6.54 Å². The molecule has 2 rings (SSSR count). The van der Waals surface area contributed by atoms with Crippen molar-refractivity contribution in [3.8, 4) is 0 Å². The molecule has 0 aliphatic heterocycles. The van der Waals surface area contributed by atoms with Gasteiger partial charge in [-0.1, -0.05) is 13.3 Å². The Morgan fingerprint density at radius 1 is 1.45 bits per heavy atom. The molecule has 0 aromatic carbocycles. The Labute approximate surface area is 123 Å². The number of hydrogen-bond acceptors (Lipinski definition) is 3. The molecule has 4 nitrogen and oxygen atoms in total. The summed E-state index contributed by atoms with van der Waals surface area (Å²) in [5.41, 5.74) is 1.25. The molecular formula is C15H21NO3S. The zero-order valence-electron chi connectivity index (χ0n) is 12.0. The number of rotatable bonds is 7. The van der Waals surface area contributed by atoms with Crippen LogP contribution < -0.4 is 0 Å². The van der Waals surface area contributed by atoms with Crippen LogP contribution in [0.1, 0.15) is 52.7 Å². The van der Waals surface area contributed by atoms with Gasteiger partial charge >= 0.3 is 5.97 Å². The van der Waals surface area contributed by atoms with Gasteiger partial charge in [-0.2, -0.15) is 0 Å². The van der Waals surface area contributed by atoms with Gasteiger partial charge in [0.05, 0.1) is 11.3 Å². The van der Waals surface area contributed by atoms with Crippen LogP contribution in [0.15, 0.2) is 6.07 Å². The summed E-state index contributed by atoms with van der Waals surface area (Å²) in [5.74, 6) is -0.846. The van der Waals surface area contributed by atoms with Crippen LogP contribution in [0.5, 0.6) is 0 Å². The minimum Gasteiger partial charge on any atom is -0.481 e. The maximum atomic E-state index is 12.6. The Hall–Kier alpha value is -1.36. The zero-order valence-corrected chi connectivity index (χ0v) is 12.8. The summed E-state index contributed by atoms with van der Waals surface area (Å²) >= 11 is 1.53. The molecule has 1 aliphatic rings. The van der Waals surface area contributed by atoms with Crippen LogP contribution in [-0.4, -0.2) is 34.5 Å². The van der Waals surface area contributed by atoms with Gasteiger partial charge in [0.15, 0.2) is 0 Å². The molecule has 0 spiro atoms. The molecule has 0 bridgehead atoms. The number of aliphatic carboxylic acids is 1. The highest BCUT2D eigenvalue weighted by Crippen LogP contribution is 2.31. The minimum atomic E-state index is -0.850. The van der Waals surface area contributed by atoms with Gasteiger partial charge in [0, 0.05) is 17.5 Å². The van der Waals surface area contributed by atoms with Gasteiger partial charge in [0.25, 0.3) is 5.91 Å². The quantitative estimate of drug-likeness (QED) is 0.841. The summed E-state index contributed by atoms with van der Waals surface area (Å²) in [6, 6.07) is 2.24. The first-order valence-electron chi connectivity index (χ1n) is 7.15. The molecule has 1 aromatic rings. The number of carbonyl (C=O) groups is 2. The lowest BCUT2D eigenvalue weighted by Crippen LogP contribution is -2.34. The highest BCUT2D eigenvalue weighted by molar-refractivity contribution is 7.14. The molecular weight excluding hydrogens is 274 g/mol. The van der Waals surface area contributed by atoms with Crippen molar-refractivity contribution in [3.05, 3.63) is 21.4 Å². The normalized spacial score (nSPS) is 14.3. The van der Waals surface area contributed by atoms with Crippen molar-refractivity contribution in [1.82, 2.24) is 4.90 Å². The molecule has 1 fully saturated rings. The van der Waals surface area contributed by atoms with Crippen LogP contribution in [0.25, 0.3) is 0 Å². The van der Waals surface area contributed by atoms with E-state index in [0.717, 1.165) is 30.6 Å². The van der Waals surface area contributed by atoms with Gasteiger partial charge in [0.1, 0.15) is 0 Å². The van der Waals surface area contributed by atoms with Gasteiger partial charge in [0.2, 0.25) is 0 Å². The van der Waals surface area contributed by atoms with Crippen LogP contribution >= 0.6 is 11.3 Å². The molecule has 5 heteroatoms. The summed E-state index contributed by atoms with van der Waals surface area (Å²) in [4.78, 5) is 27.0. The Balaban J connectivity index is 2.10. The maximum absolute atomic E-state index is 12.6. The van der Waals surface area contributed by atoms with Crippen molar-refractivity contribution < 1.29 is 14.7 Å². The third-order valence-corrected chi connectivity index (χ3v) is 4.65. The topological polar surface area (TPSA) is 57.6 Å². The second-order valence-electron chi connectivity index (χ2n) is 5.32. The van der Waals surface area contributed by atoms with E-state index in [0.29, 0.717) is 6.54 Å². The van der Waals surface area contributed by atoms with Crippen LogP contribution in [0.2, 0.25) is 0 Å². The summed E-state index contributed by atoms with van der Waals surface area (Å²) in [6.45, 7) is 4.49. The Kier molecular flexibility index (Phi) is 4.81. The van der Waals surface area contributed by atoms with Gasteiger partial charge in [-0.15, -0.1) is 11.3 Å². The van der Waals surface area contributed by atoms with E-state index in [4.69, 9.17) is 5.11 Å². The van der Waals surface area contributed by atoms with Crippen molar-refractivity contribution >= 4 is 23.2 Å². The summed E-state index contributed by atoms with van der Waals surface area (Å²) in [7, 11) is 0. The number of aryl methyl sites for hydroxylation is 2. The van der Waals surface area contributed by atoms with Crippen LogP contribution in [0.4, 0.5) is 0 Å². The number of amides is 1. The highest BCUT2D eigenvalue weighted by Gasteiger charge is 2.33. The smallest absolute Gasteiger partial charge is 0.305 e. The standard InChI is InChI=1S/C15H21NO3S/c1-3-4-11-9-13(20-10(11)2)15(19)16(12-5-6-12)8-7-14(17)18/h9,12H,3-8H2,1-2H3,(H,17,18). The molecule has 1 heterocycles. The predicted molar refractivity (Wildman–Crippen MR) is 79.4 cm³/mol. The van der Waals surface area contributed by atoms with E-state index < -0.39 is 5.97 Å². The summed E-state index contributed by atoms with van der Waals surface area (Å²) in [5, 5.41) is 8.80. The fraction of sp³-hybridized carbons (Fsp3) is 0.600. The van der Waals surface area contributed by atoms with Crippen molar-refractivity contribution in [2.45, 2.75) is 52.0 Å². The molecule has 110 valence electrons. The number of hydrogen-bond donors (Lipinski definition) is 1. The molecule has 0 saturated heterocycles. The first-order chi connectivity index (χ1) is 9.52. The molecule has 0 atom stereocenters. The Bertz CT molecular complexity index is 505. The van der Waals surface area contributed by atoms with Gasteiger partial charge in [-0.05, 0) is 37.8 Å². The molecule has 1 aromatic heterocycles. The molecule has 1 N–H and O–H groups in total. The highest BCUT2D eigenvalue weighted by atomic mass is 32.1. The number of nitrogens with zero attached hydrogens (tertiary/aromatic N) is 1. The van der Waals surface area contributed by atoms with Gasteiger partial charge in [-0.3, -0.25) is 9.59 Å². The van der Waals surface area contributed by atoms with Crippen molar-refractivity contribution in [1.29, 1.82) is 0 Å². The average molecular weight is 295 g/mol. The zero-order chi connectivity index (χ0) is 14.7. The van der Waals surface area contributed by atoms with Crippen molar-refractivity contribution in [3.63, 3.8) is 0 Å². The van der Waals surface area contributed by atoms with E-state index in [1.807, 2.05) is 13.0 Å². The van der Waals surface area contributed by atoms with E-state index in [1.54, 1.807) is 4.90 Å². The SMILES string of the molecule is CCCc1cc(C(=O)N(CCC(=O)O)C2CC2)sc1C. The van der Waals surface area contributed by atoms with E-state index in [-0.39, 0.29) is 18.4 Å². The lowest BCUT2D eigenvalue weighted by atomic mass is 10.1. The number of carbonyl (C=O) groups excluding carboxylic acids is 1. The van der Waals surface area contributed by atoms with Gasteiger partial charge < -0.3 is 10.0 Å². The second kappa shape index (κ2) is 6.39. The predicted octanol–water partition coefficient (Wildman–Crippen LogP) is 3.09. The largest absolute Gasteiger partial charge is 0.481 e. The van der Waals surface area contributed by atoms with E-state index in [1.165, 1.54) is 21.8 Å². The van der Waals surface area contributed by atoms with Gasteiger partial charge in [-0.25, -0.2) is 0 Å². The number of thiophene rings is 1. The molecule has 1 saturated carbocycles. The summed E-state index contributed by atoms with van der Waals surface area (Å²) in [6.07, 6.45) is 4.08. The second-order valence-corrected chi connectivity index (χ2v) is 6.57. The van der Waals surface area contributed by atoms with Crippen LogP contribution in [0, 0.1) is 6.92 Å². The first-order valence-corrected chi connectivity index (χ1v) is 7.96. The fourth-order valence-corrected chi connectivity index (χ4v) is 3.36. The molecule has 0 unspecified atom stereocenters. The third kappa shape index (κ3) is 3.60. The maximum Gasteiger partial charge on any atom is 0.305 e. The lowest BCUT2D eigenvalue weighted by Gasteiger charge is -2.20. The fourth-order valence-electron chi connectivity index (χ4n) is 2.34. The molecule has 1 amide bonds. The Morgan fingerprint density at radius 2 is 2.15 bits per heavy atom. The summed E-state index contributed by atoms with van der Waals surface area (Å²) < 4.78 is 0. The Morgan fingerprint density at radius 3 is 2.70 bits per heavy atom.